The molecule has 2 N–H and O–H groups in total. The second kappa shape index (κ2) is 7.09. The van der Waals surface area contributed by atoms with Crippen LogP contribution in [0.2, 0.25) is 0 Å². The maximum absolute atomic E-state index is 11.5. The van der Waals surface area contributed by atoms with Crippen LogP contribution in [0.4, 0.5) is 0 Å². The van der Waals surface area contributed by atoms with Crippen molar-refractivity contribution in [3.05, 3.63) is 0 Å². The molecule has 2 atom stereocenters. The van der Waals surface area contributed by atoms with Gasteiger partial charge in [-0.05, 0) is 24.2 Å². The molecule has 4 nitrogen and oxygen atoms in total. The molecule has 116 valence electrons. The molecule has 2 unspecified atom stereocenters. The number of hydrogen-bond donors (Lipinski definition) is 2. The van der Waals surface area contributed by atoms with Gasteiger partial charge in [0.1, 0.15) is 0 Å². The van der Waals surface area contributed by atoms with Crippen LogP contribution in [0.5, 0.6) is 0 Å². The number of carbonyl (C=O) groups is 2. The van der Waals surface area contributed by atoms with E-state index in [9.17, 15) is 19.8 Å². The Labute approximate surface area is 121 Å². The Bertz CT molecular complexity index is 337. The number of hydrogen-bond acceptors (Lipinski definition) is 2. The summed E-state index contributed by atoms with van der Waals surface area (Å²) in [5, 5.41) is 18.8. The predicted octanol–water partition coefficient (Wildman–Crippen LogP) is 3.79. The Morgan fingerprint density at radius 2 is 1.60 bits per heavy atom. The van der Waals surface area contributed by atoms with Gasteiger partial charge >= 0.3 is 11.9 Å². The van der Waals surface area contributed by atoms with Crippen molar-refractivity contribution in [1.82, 2.24) is 0 Å². The van der Waals surface area contributed by atoms with E-state index in [1.165, 1.54) is 32.1 Å². The quantitative estimate of drug-likeness (QED) is 0.778. The van der Waals surface area contributed by atoms with Crippen LogP contribution in [0.15, 0.2) is 0 Å². The first kappa shape index (κ1) is 17.0. The van der Waals surface area contributed by atoms with Crippen molar-refractivity contribution in [2.75, 3.05) is 0 Å². The van der Waals surface area contributed by atoms with E-state index < -0.39 is 29.2 Å². The zero-order chi connectivity index (χ0) is 15.3. The van der Waals surface area contributed by atoms with Crippen LogP contribution in [-0.4, -0.2) is 22.2 Å². The summed E-state index contributed by atoms with van der Waals surface area (Å²) in [6, 6.07) is 0. The molecule has 1 rings (SSSR count). The van der Waals surface area contributed by atoms with Gasteiger partial charge in [0.25, 0.3) is 0 Å². The van der Waals surface area contributed by atoms with Crippen LogP contribution >= 0.6 is 0 Å². The van der Waals surface area contributed by atoms with Crippen molar-refractivity contribution >= 4 is 11.9 Å². The summed E-state index contributed by atoms with van der Waals surface area (Å²) in [5.41, 5.74) is -0.540. The van der Waals surface area contributed by atoms with E-state index in [4.69, 9.17) is 0 Å². The van der Waals surface area contributed by atoms with Gasteiger partial charge in [-0.3, -0.25) is 9.59 Å². The number of rotatable bonds is 6. The third-order valence-electron chi connectivity index (χ3n) is 4.53. The van der Waals surface area contributed by atoms with Crippen molar-refractivity contribution in [3.8, 4) is 0 Å². The molecule has 0 heterocycles. The minimum absolute atomic E-state index is 0.480. The van der Waals surface area contributed by atoms with E-state index in [2.05, 4.69) is 0 Å². The fourth-order valence-corrected chi connectivity index (χ4v) is 3.47. The van der Waals surface area contributed by atoms with Crippen LogP contribution in [0.1, 0.15) is 65.7 Å². The molecule has 20 heavy (non-hydrogen) atoms. The lowest BCUT2D eigenvalue weighted by molar-refractivity contribution is -0.159. The van der Waals surface area contributed by atoms with Crippen LogP contribution < -0.4 is 0 Å². The molecule has 0 saturated heterocycles. The first-order chi connectivity index (χ1) is 9.23. The zero-order valence-corrected chi connectivity index (χ0v) is 12.9. The Hall–Kier alpha value is -1.06. The van der Waals surface area contributed by atoms with E-state index >= 15 is 0 Å². The molecule has 0 bridgehead atoms. The van der Waals surface area contributed by atoms with Gasteiger partial charge in [-0.15, -0.1) is 0 Å². The highest BCUT2D eigenvalue weighted by atomic mass is 16.4. The van der Waals surface area contributed by atoms with Gasteiger partial charge in [0.2, 0.25) is 0 Å². The third kappa shape index (κ3) is 4.80. The highest BCUT2D eigenvalue weighted by Crippen LogP contribution is 2.37. The fraction of sp³-hybridized carbons (Fsp3) is 0.875. The lowest BCUT2D eigenvalue weighted by atomic mass is 9.70. The monoisotopic (exact) mass is 284 g/mol. The summed E-state index contributed by atoms with van der Waals surface area (Å²) < 4.78 is 0. The molecule has 1 saturated carbocycles. The smallest absolute Gasteiger partial charge is 0.307 e. The summed E-state index contributed by atoms with van der Waals surface area (Å²) >= 11 is 0. The summed E-state index contributed by atoms with van der Waals surface area (Å²) in [6.45, 7) is 5.42. The summed E-state index contributed by atoms with van der Waals surface area (Å²) in [7, 11) is 0. The molecular formula is C16H28O4. The molecule has 0 aromatic rings. The maximum Gasteiger partial charge on any atom is 0.307 e. The Balaban J connectivity index is 2.71. The molecular weight excluding hydrogens is 256 g/mol. The lowest BCUT2D eigenvalue weighted by Crippen LogP contribution is -2.39. The van der Waals surface area contributed by atoms with Crippen LogP contribution in [0.25, 0.3) is 0 Å². The van der Waals surface area contributed by atoms with Crippen molar-refractivity contribution < 1.29 is 19.8 Å². The van der Waals surface area contributed by atoms with Gasteiger partial charge in [0.05, 0.1) is 11.8 Å². The largest absolute Gasteiger partial charge is 0.481 e. The molecule has 1 aliphatic carbocycles. The van der Waals surface area contributed by atoms with Gasteiger partial charge < -0.3 is 10.2 Å². The lowest BCUT2D eigenvalue weighted by Gasteiger charge is -2.32. The molecule has 4 heteroatoms. The topological polar surface area (TPSA) is 74.6 Å². The predicted molar refractivity (Wildman–Crippen MR) is 77.5 cm³/mol. The zero-order valence-electron chi connectivity index (χ0n) is 12.9. The standard InChI is InChI=1S/C16H28O4/c1-16(2,3)13(15(19)20)12(14(17)18)10-9-11-7-5-4-6-8-11/h11-13H,4-10H2,1-3H3,(H,17,18)(H,19,20). The minimum Gasteiger partial charge on any atom is -0.481 e. The first-order valence-electron chi connectivity index (χ1n) is 7.69. The van der Waals surface area contributed by atoms with Crippen LogP contribution in [0.3, 0.4) is 0 Å². The number of carboxylic acids is 2. The average molecular weight is 284 g/mol. The SMILES string of the molecule is CC(C)(C)C(C(=O)O)C(CCC1CCCCC1)C(=O)O. The molecule has 0 radical (unpaired) electrons. The Morgan fingerprint density at radius 1 is 1.05 bits per heavy atom. The average Bonchev–Trinajstić information content (AvgIpc) is 2.33. The van der Waals surface area contributed by atoms with E-state index in [-0.39, 0.29) is 0 Å². The minimum atomic E-state index is -0.992. The second-order valence-corrected chi connectivity index (χ2v) is 7.21. The molecule has 1 fully saturated rings. The van der Waals surface area contributed by atoms with Crippen molar-refractivity contribution in [2.24, 2.45) is 23.2 Å². The normalized spacial score (nSPS) is 20.4. The van der Waals surface area contributed by atoms with E-state index in [1.54, 1.807) is 0 Å². The van der Waals surface area contributed by atoms with Gasteiger partial charge in [0, 0.05) is 0 Å². The Kier molecular flexibility index (Phi) is 6.03. The maximum atomic E-state index is 11.5. The molecule has 0 aromatic carbocycles. The summed E-state index contributed by atoms with van der Waals surface area (Å²) in [6.07, 6.45) is 7.39. The molecule has 1 aliphatic rings. The van der Waals surface area contributed by atoms with Crippen molar-refractivity contribution in [3.63, 3.8) is 0 Å². The Morgan fingerprint density at radius 3 is 2.00 bits per heavy atom. The molecule has 0 aromatic heterocycles. The van der Waals surface area contributed by atoms with Gasteiger partial charge in [0.15, 0.2) is 0 Å². The van der Waals surface area contributed by atoms with E-state index in [0.717, 1.165) is 6.42 Å². The van der Waals surface area contributed by atoms with Crippen LogP contribution in [0, 0.1) is 23.2 Å². The summed E-state index contributed by atoms with van der Waals surface area (Å²) in [5.74, 6) is -2.99. The molecule has 0 spiro atoms. The molecule has 0 aliphatic heterocycles. The number of carboxylic acid groups (broad SMARTS) is 2. The van der Waals surface area contributed by atoms with Gasteiger partial charge in [-0.25, -0.2) is 0 Å². The van der Waals surface area contributed by atoms with Gasteiger partial charge in [-0.1, -0.05) is 52.9 Å². The number of aliphatic carboxylic acids is 2. The van der Waals surface area contributed by atoms with Crippen LogP contribution in [-0.2, 0) is 9.59 Å². The van der Waals surface area contributed by atoms with Crippen molar-refractivity contribution in [2.45, 2.75) is 65.7 Å². The summed E-state index contributed by atoms with van der Waals surface area (Å²) in [4.78, 5) is 23.0. The molecule has 0 amide bonds. The second-order valence-electron chi connectivity index (χ2n) is 7.21. The van der Waals surface area contributed by atoms with E-state index in [1.807, 2.05) is 20.8 Å². The van der Waals surface area contributed by atoms with Gasteiger partial charge in [-0.2, -0.15) is 0 Å². The fourth-order valence-electron chi connectivity index (χ4n) is 3.47. The highest BCUT2D eigenvalue weighted by molar-refractivity contribution is 5.80. The first-order valence-corrected chi connectivity index (χ1v) is 7.69. The van der Waals surface area contributed by atoms with E-state index in [0.29, 0.717) is 12.3 Å². The third-order valence-corrected chi connectivity index (χ3v) is 4.53. The highest BCUT2D eigenvalue weighted by Gasteiger charge is 2.41. The van der Waals surface area contributed by atoms with Crippen molar-refractivity contribution in [1.29, 1.82) is 0 Å².